The van der Waals surface area contributed by atoms with E-state index in [1.807, 2.05) is 0 Å². The Labute approximate surface area is 79.1 Å². The highest BCUT2D eigenvalue weighted by atomic mass is 32.2. The van der Waals surface area contributed by atoms with Crippen LogP contribution in [-0.2, 0) is 11.9 Å². The lowest BCUT2D eigenvalue weighted by atomic mass is 10.1. The molecular weight excluding hydrogens is 197 g/mol. The fraction of sp³-hybridized carbons (Fsp3) is 0.222. The van der Waals surface area contributed by atoms with Crippen LogP contribution >= 0.6 is 11.8 Å². The molecule has 4 heteroatoms. The van der Waals surface area contributed by atoms with Gasteiger partial charge in [-0.1, -0.05) is 18.2 Å². The minimum Gasteiger partial charge on any atom is -0.166 e. The summed E-state index contributed by atoms with van der Waals surface area (Å²) in [7, 11) is 0. The minimum absolute atomic E-state index is 0.504. The number of benzene rings is 1. The maximum Gasteiger partial charge on any atom is 0.416 e. The van der Waals surface area contributed by atoms with Crippen LogP contribution in [0.1, 0.15) is 11.1 Å². The lowest BCUT2D eigenvalue weighted by Gasteiger charge is -2.07. The van der Waals surface area contributed by atoms with E-state index in [4.69, 9.17) is 0 Å². The molecule has 0 aliphatic carbocycles. The van der Waals surface area contributed by atoms with Crippen molar-refractivity contribution in [1.29, 1.82) is 0 Å². The van der Waals surface area contributed by atoms with Gasteiger partial charge in [0.2, 0.25) is 0 Å². The molecule has 0 N–H and O–H groups in total. The molecule has 1 radical (unpaired) electrons. The standard InChI is InChI=1S/C9H8F3S/c1-13-6-7-3-2-4-8(5-7)9(10,11)12/h2-5H,1,6H2. The maximum atomic E-state index is 12.2. The van der Waals surface area contributed by atoms with Gasteiger partial charge in [-0.3, -0.25) is 0 Å². The predicted molar refractivity (Wildman–Crippen MR) is 48.1 cm³/mol. The number of hydrogen-bond donors (Lipinski definition) is 0. The van der Waals surface area contributed by atoms with Crippen LogP contribution < -0.4 is 0 Å². The summed E-state index contributed by atoms with van der Waals surface area (Å²) in [6, 6.07) is 5.29. The monoisotopic (exact) mass is 205 g/mol. The lowest BCUT2D eigenvalue weighted by molar-refractivity contribution is -0.137. The van der Waals surface area contributed by atoms with Crippen LogP contribution in [0.4, 0.5) is 13.2 Å². The summed E-state index contributed by atoms with van der Waals surface area (Å²) in [6.07, 6.45) is -0.740. The van der Waals surface area contributed by atoms with E-state index in [0.717, 1.165) is 12.1 Å². The van der Waals surface area contributed by atoms with Gasteiger partial charge in [0.15, 0.2) is 0 Å². The van der Waals surface area contributed by atoms with Gasteiger partial charge in [-0.05, 0) is 11.6 Å². The van der Waals surface area contributed by atoms with Crippen molar-refractivity contribution >= 4 is 11.8 Å². The number of halogens is 3. The Balaban J connectivity index is 2.92. The topological polar surface area (TPSA) is 0 Å². The third kappa shape index (κ3) is 2.95. The van der Waals surface area contributed by atoms with E-state index in [1.54, 1.807) is 6.07 Å². The van der Waals surface area contributed by atoms with Crippen molar-refractivity contribution in [3.05, 3.63) is 41.6 Å². The average Bonchev–Trinajstić information content (AvgIpc) is 2.04. The van der Waals surface area contributed by atoms with Gasteiger partial charge in [-0.15, -0.1) is 0 Å². The molecule has 13 heavy (non-hydrogen) atoms. The summed E-state index contributed by atoms with van der Waals surface area (Å²) in [5.74, 6) is 0.504. The Bertz CT molecular complexity index is 280. The summed E-state index contributed by atoms with van der Waals surface area (Å²) in [4.78, 5) is 0. The highest BCUT2D eigenvalue weighted by Crippen LogP contribution is 2.30. The zero-order chi connectivity index (χ0) is 9.90. The molecule has 0 aliphatic rings. The van der Waals surface area contributed by atoms with Crippen molar-refractivity contribution < 1.29 is 13.2 Å². The van der Waals surface area contributed by atoms with Gasteiger partial charge in [0.1, 0.15) is 0 Å². The molecule has 1 aromatic carbocycles. The molecule has 1 rings (SSSR count). The van der Waals surface area contributed by atoms with E-state index in [0.29, 0.717) is 11.3 Å². The number of rotatable bonds is 2. The molecule has 0 unspecified atom stereocenters. The molecule has 0 bridgehead atoms. The lowest BCUT2D eigenvalue weighted by Crippen LogP contribution is -2.04. The van der Waals surface area contributed by atoms with Crippen LogP contribution in [-0.4, -0.2) is 0 Å². The third-order valence-electron chi connectivity index (χ3n) is 1.52. The number of hydrogen-bond acceptors (Lipinski definition) is 1. The van der Waals surface area contributed by atoms with Crippen LogP contribution in [0.2, 0.25) is 0 Å². The zero-order valence-electron chi connectivity index (χ0n) is 6.77. The fourth-order valence-corrected chi connectivity index (χ4v) is 1.37. The van der Waals surface area contributed by atoms with E-state index in [1.165, 1.54) is 17.8 Å². The second-order valence-electron chi connectivity index (χ2n) is 2.55. The quantitative estimate of drug-likeness (QED) is 0.708. The first-order valence-corrected chi connectivity index (χ1v) is 4.72. The SMILES string of the molecule is [CH2]SCc1cccc(C(F)(F)F)c1. The Morgan fingerprint density at radius 3 is 2.54 bits per heavy atom. The summed E-state index contributed by atoms with van der Waals surface area (Å²) >= 11 is 1.26. The zero-order valence-corrected chi connectivity index (χ0v) is 7.58. The highest BCUT2D eigenvalue weighted by Gasteiger charge is 2.30. The van der Waals surface area contributed by atoms with E-state index >= 15 is 0 Å². The molecule has 0 saturated carbocycles. The van der Waals surface area contributed by atoms with Gasteiger partial charge in [0.05, 0.1) is 5.56 Å². The summed E-state index contributed by atoms with van der Waals surface area (Å²) in [6.45, 7) is 0. The fourth-order valence-electron chi connectivity index (χ4n) is 0.955. The Hall–Kier alpha value is -0.640. The molecule has 0 spiro atoms. The average molecular weight is 205 g/mol. The second kappa shape index (κ2) is 4.05. The molecule has 0 aliphatic heterocycles. The third-order valence-corrected chi connectivity index (χ3v) is 2.06. The summed E-state index contributed by atoms with van der Waals surface area (Å²) < 4.78 is 36.6. The van der Waals surface area contributed by atoms with Crippen LogP contribution in [0.15, 0.2) is 24.3 Å². The van der Waals surface area contributed by atoms with Gasteiger partial charge < -0.3 is 0 Å². The van der Waals surface area contributed by atoms with Crippen LogP contribution in [0, 0.1) is 6.26 Å². The normalized spacial score (nSPS) is 11.7. The van der Waals surface area contributed by atoms with E-state index in [9.17, 15) is 13.2 Å². The number of alkyl halides is 3. The minimum atomic E-state index is -4.25. The molecular formula is C9H8F3S. The highest BCUT2D eigenvalue weighted by molar-refractivity contribution is 7.99. The molecule has 71 valence electrons. The molecule has 0 heterocycles. The van der Waals surface area contributed by atoms with Crippen molar-refractivity contribution in [3.8, 4) is 0 Å². The van der Waals surface area contributed by atoms with Crippen molar-refractivity contribution in [3.63, 3.8) is 0 Å². The largest absolute Gasteiger partial charge is 0.416 e. The Kier molecular flexibility index (Phi) is 3.25. The molecule has 0 nitrogen and oxygen atoms in total. The number of thioether (sulfide) groups is 1. The van der Waals surface area contributed by atoms with Crippen LogP contribution in [0.3, 0.4) is 0 Å². The van der Waals surface area contributed by atoms with Crippen molar-refractivity contribution in [2.45, 2.75) is 11.9 Å². The van der Waals surface area contributed by atoms with Gasteiger partial charge in [-0.2, -0.15) is 24.9 Å². The predicted octanol–water partition coefficient (Wildman–Crippen LogP) is 3.73. The van der Waals surface area contributed by atoms with Crippen molar-refractivity contribution in [1.82, 2.24) is 0 Å². The van der Waals surface area contributed by atoms with Gasteiger partial charge in [0, 0.05) is 12.0 Å². The Morgan fingerprint density at radius 1 is 1.31 bits per heavy atom. The molecule has 0 fully saturated rings. The second-order valence-corrected chi connectivity index (χ2v) is 3.24. The van der Waals surface area contributed by atoms with E-state index in [-0.39, 0.29) is 0 Å². The van der Waals surface area contributed by atoms with Gasteiger partial charge >= 0.3 is 6.18 Å². The summed E-state index contributed by atoms with van der Waals surface area (Å²) in [5, 5.41) is 0. The Morgan fingerprint density at radius 2 is 2.00 bits per heavy atom. The van der Waals surface area contributed by atoms with E-state index in [2.05, 4.69) is 6.26 Å². The first-order valence-electron chi connectivity index (χ1n) is 3.57. The molecule has 0 aromatic heterocycles. The van der Waals surface area contributed by atoms with E-state index < -0.39 is 11.7 Å². The first-order chi connectivity index (χ1) is 6.04. The van der Waals surface area contributed by atoms with Crippen molar-refractivity contribution in [2.24, 2.45) is 0 Å². The first kappa shape index (κ1) is 10.4. The van der Waals surface area contributed by atoms with Crippen molar-refractivity contribution in [2.75, 3.05) is 0 Å². The molecule has 0 saturated heterocycles. The van der Waals surface area contributed by atoms with Crippen LogP contribution in [0.5, 0.6) is 0 Å². The smallest absolute Gasteiger partial charge is 0.166 e. The van der Waals surface area contributed by atoms with Gasteiger partial charge in [-0.25, -0.2) is 0 Å². The maximum absolute atomic E-state index is 12.2. The molecule has 1 aromatic rings. The molecule has 0 amide bonds. The van der Waals surface area contributed by atoms with Crippen LogP contribution in [0.25, 0.3) is 0 Å². The summed E-state index contributed by atoms with van der Waals surface area (Å²) in [5.41, 5.74) is 0.0499. The molecule has 0 atom stereocenters. The van der Waals surface area contributed by atoms with Gasteiger partial charge in [0.25, 0.3) is 0 Å².